The highest BCUT2D eigenvalue weighted by Gasteiger charge is 2.49. The van der Waals surface area contributed by atoms with E-state index in [1.807, 2.05) is 6.92 Å². The van der Waals surface area contributed by atoms with Gasteiger partial charge < -0.3 is 24.0 Å². The Labute approximate surface area is 131 Å². The summed E-state index contributed by atoms with van der Waals surface area (Å²) in [6.07, 6.45) is 1.53. The third-order valence-electron chi connectivity index (χ3n) is 4.13. The van der Waals surface area contributed by atoms with Crippen LogP contribution in [-0.4, -0.2) is 86.9 Å². The second-order valence-corrected chi connectivity index (χ2v) is 6.13. The maximum absolute atomic E-state index is 11.8. The second kappa shape index (κ2) is 7.39. The van der Waals surface area contributed by atoms with Crippen LogP contribution in [-0.2, 0) is 23.8 Å². The molecule has 7 nitrogen and oxygen atoms in total. The zero-order valence-corrected chi connectivity index (χ0v) is 13.7. The highest BCUT2D eigenvalue weighted by molar-refractivity contribution is 5.78. The maximum atomic E-state index is 11.8. The van der Waals surface area contributed by atoms with E-state index in [0.717, 1.165) is 12.8 Å². The summed E-state index contributed by atoms with van der Waals surface area (Å²) in [4.78, 5) is 26.7. The topological polar surface area (TPSA) is 68.3 Å². The molecule has 22 heavy (non-hydrogen) atoms. The SMILES string of the molecule is CCOCC(=O)N1CC2(C[C@H](OCC(=O)N(C)C)CCO2)C1. The maximum Gasteiger partial charge on any atom is 0.248 e. The van der Waals surface area contributed by atoms with Crippen LogP contribution in [0.15, 0.2) is 0 Å². The third-order valence-corrected chi connectivity index (χ3v) is 4.13. The smallest absolute Gasteiger partial charge is 0.248 e. The lowest BCUT2D eigenvalue weighted by Gasteiger charge is -2.52. The number of nitrogens with zero attached hydrogens (tertiary/aromatic N) is 2. The van der Waals surface area contributed by atoms with Gasteiger partial charge in [-0.25, -0.2) is 0 Å². The molecule has 0 saturated carbocycles. The van der Waals surface area contributed by atoms with E-state index >= 15 is 0 Å². The summed E-state index contributed by atoms with van der Waals surface area (Å²) < 4.78 is 16.7. The van der Waals surface area contributed by atoms with E-state index in [4.69, 9.17) is 14.2 Å². The van der Waals surface area contributed by atoms with Crippen molar-refractivity contribution in [2.24, 2.45) is 0 Å². The number of carbonyl (C=O) groups is 2. The van der Waals surface area contributed by atoms with Gasteiger partial charge in [-0.2, -0.15) is 0 Å². The zero-order chi connectivity index (χ0) is 16.2. The van der Waals surface area contributed by atoms with Gasteiger partial charge in [0.1, 0.15) is 18.8 Å². The first-order valence-electron chi connectivity index (χ1n) is 7.77. The number of amides is 2. The summed E-state index contributed by atoms with van der Waals surface area (Å²) in [6, 6.07) is 0. The number of hydrogen-bond acceptors (Lipinski definition) is 5. The Bertz CT molecular complexity index is 407. The fraction of sp³-hybridized carbons (Fsp3) is 0.867. The molecule has 0 aromatic heterocycles. The van der Waals surface area contributed by atoms with E-state index in [0.29, 0.717) is 26.3 Å². The van der Waals surface area contributed by atoms with Crippen molar-refractivity contribution < 1.29 is 23.8 Å². The van der Waals surface area contributed by atoms with Gasteiger partial charge in [-0.3, -0.25) is 9.59 Å². The summed E-state index contributed by atoms with van der Waals surface area (Å²) >= 11 is 0. The van der Waals surface area contributed by atoms with Crippen molar-refractivity contribution in [2.45, 2.75) is 31.5 Å². The van der Waals surface area contributed by atoms with Gasteiger partial charge in [-0.1, -0.05) is 0 Å². The highest BCUT2D eigenvalue weighted by atomic mass is 16.5. The van der Waals surface area contributed by atoms with Crippen molar-refractivity contribution >= 4 is 11.8 Å². The minimum absolute atomic E-state index is 0.00176. The molecule has 2 fully saturated rings. The van der Waals surface area contributed by atoms with Gasteiger partial charge in [0.15, 0.2) is 0 Å². The van der Waals surface area contributed by atoms with Crippen LogP contribution in [0.1, 0.15) is 19.8 Å². The summed E-state index contributed by atoms with van der Waals surface area (Å²) in [5.74, 6) is -0.0374. The van der Waals surface area contributed by atoms with Crippen molar-refractivity contribution in [2.75, 3.05) is 53.6 Å². The van der Waals surface area contributed by atoms with Crippen LogP contribution in [0.3, 0.4) is 0 Å². The fourth-order valence-electron chi connectivity index (χ4n) is 2.77. The van der Waals surface area contributed by atoms with Gasteiger partial charge in [-0.15, -0.1) is 0 Å². The summed E-state index contributed by atoms with van der Waals surface area (Å²) in [6.45, 7) is 4.41. The molecule has 126 valence electrons. The minimum Gasteiger partial charge on any atom is -0.372 e. The molecule has 0 aromatic carbocycles. The summed E-state index contributed by atoms with van der Waals surface area (Å²) in [5.41, 5.74) is -0.300. The predicted octanol–water partition coefficient (Wildman–Crippen LogP) is -0.112. The molecule has 1 atom stereocenters. The van der Waals surface area contributed by atoms with Crippen LogP contribution in [0.2, 0.25) is 0 Å². The van der Waals surface area contributed by atoms with E-state index in [1.165, 1.54) is 4.90 Å². The first kappa shape index (κ1) is 17.2. The first-order valence-corrected chi connectivity index (χ1v) is 7.77. The van der Waals surface area contributed by atoms with E-state index in [2.05, 4.69) is 0 Å². The Morgan fingerprint density at radius 2 is 2.05 bits per heavy atom. The van der Waals surface area contributed by atoms with Gasteiger partial charge in [-0.05, 0) is 13.3 Å². The van der Waals surface area contributed by atoms with Crippen molar-refractivity contribution in [3.8, 4) is 0 Å². The monoisotopic (exact) mass is 314 g/mol. The van der Waals surface area contributed by atoms with Crippen molar-refractivity contribution in [3.63, 3.8) is 0 Å². The van der Waals surface area contributed by atoms with Crippen molar-refractivity contribution in [1.29, 1.82) is 0 Å². The van der Waals surface area contributed by atoms with Gasteiger partial charge in [0.2, 0.25) is 11.8 Å². The Morgan fingerprint density at radius 1 is 1.32 bits per heavy atom. The molecular formula is C15H26N2O5. The molecule has 0 aliphatic carbocycles. The van der Waals surface area contributed by atoms with Crippen LogP contribution in [0.5, 0.6) is 0 Å². The Kier molecular flexibility index (Phi) is 5.77. The Hall–Kier alpha value is -1.18. The molecule has 0 bridgehead atoms. The second-order valence-electron chi connectivity index (χ2n) is 6.13. The molecule has 0 N–H and O–H groups in total. The van der Waals surface area contributed by atoms with Crippen LogP contribution in [0, 0.1) is 0 Å². The third kappa shape index (κ3) is 4.18. The molecule has 1 spiro atoms. The average Bonchev–Trinajstić information content (AvgIpc) is 2.47. The van der Waals surface area contributed by atoms with Crippen LogP contribution in [0.25, 0.3) is 0 Å². The molecule has 2 aliphatic rings. The number of likely N-dealkylation sites (tertiary alicyclic amines) is 1. The number of ether oxygens (including phenoxy) is 3. The number of hydrogen-bond donors (Lipinski definition) is 0. The molecule has 2 amide bonds. The summed E-state index contributed by atoms with van der Waals surface area (Å²) in [5, 5.41) is 0. The molecule has 2 aliphatic heterocycles. The van der Waals surface area contributed by atoms with E-state index < -0.39 is 0 Å². The van der Waals surface area contributed by atoms with Gasteiger partial charge in [0.05, 0.1) is 19.2 Å². The quantitative estimate of drug-likeness (QED) is 0.684. The molecule has 0 radical (unpaired) electrons. The van der Waals surface area contributed by atoms with Crippen molar-refractivity contribution in [3.05, 3.63) is 0 Å². The molecular weight excluding hydrogens is 288 g/mol. The van der Waals surface area contributed by atoms with Gasteiger partial charge >= 0.3 is 0 Å². The first-order chi connectivity index (χ1) is 10.5. The van der Waals surface area contributed by atoms with E-state index in [9.17, 15) is 9.59 Å². The number of rotatable bonds is 6. The van der Waals surface area contributed by atoms with Crippen molar-refractivity contribution in [1.82, 2.24) is 9.80 Å². The molecule has 7 heteroatoms. The lowest BCUT2D eigenvalue weighted by Crippen LogP contribution is -2.67. The number of carbonyl (C=O) groups excluding carboxylic acids is 2. The molecule has 2 rings (SSSR count). The number of likely N-dealkylation sites (N-methyl/N-ethyl adjacent to an activating group) is 1. The molecule has 2 heterocycles. The lowest BCUT2D eigenvalue weighted by molar-refractivity contribution is -0.203. The normalized spacial score (nSPS) is 23.2. The molecule has 0 unspecified atom stereocenters. The largest absolute Gasteiger partial charge is 0.372 e. The van der Waals surface area contributed by atoms with Gasteiger partial charge in [0, 0.05) is 33.7 Å². The lowest BCUT2D eigenvalue weighted by atomic mass is 9.84. The average molecular weight is 314 g/mol. The van der Waals surface area contributed by atoms with E-state index in [-0.39, 0.29) is 36.7 Å². The van der Waals surface area contributed by atoms with Crippen LogP contribution in [0.4, 0.5) is 0 Å². The van der Waals surface area contributed by atoms with Crippen LogP contribution >= 0.6 is 0 Å². The predicted molar refractivity (Wildman–Crippen MR) is 79.4 cm³/mol. The minimum atomic E-state index is -0.300. The standard InChI is InChI=1S/C15H26N2O5/c1-4-20-8-14(19)17-10-15(11-17)7-12(5-6-22-15)21-9-13(18)16(2)3/h12H,4-11H2,1-3H3/t12-/m1/s1. The fourth-order valence-corrected chi connectivity index (χ4v) is 2.77. The summed E-state index contributed by atoms with van der Waals surface area (Å²) in [7, 11) is 3.43. The Balaban J connectivity index is 1.75. The highest BCUT2D eigenvalue weighted by Crippen LogP contribution is 2.35. The molecule has 0 aromatic rings. The van der Waals surface area contributed by atoms with Crippen LogP contribution < -0.4 is 0 Å². The Morgan fingerprint density at radius 3 is 2.68 bits per heavy atom. The molecule has 2 saturated heterocycles. The van der Waals surface area contributed by atoms with E-state index in [1.54, 1.807) is 19.0 Å². The van der Waals surface area contributed by atoms with Gasteiger partial charge in [0.25, 0.3) is 0 Å². The zero-order valence-electron chi connectivity index (χ0n) is 13.7.